The minimum Gasteiger partial charge on any atom is -0.497 e. The van der Waals surface area contributed by atoms with Gasteiger partial charge in [-0.3, -0.25) is 4.79 Å². The van der Waals surface area contributed by atoms with Crippen LogP contribution in [0.3, 0.4) is 0 Å². The minimum atomic E-state index is -0.255. The second-order valence-corrected chi connectivity index (χ2v) is 3.70. The summed E-state index contributed by atoms with van der Waals surface area (Å²) < 4.78 is 5.14. The lowest BCUT2D eigenvalue weighted by molar-refractivity contribution is 0.415. The van der Waals surface area contributed by atoms with Gasteiger partial charge in [0, 0.05) is 10.9 Å². The van der Waals surface area contributed by atoms with Crippen LogP contribution < -0.4 is 10.3 Å². The summed E-state index contributed by atoms with van der Waals surface area (Å²) in [6, 6.07) is 7.11. The number of H-pyrrole nitrogens is 2. The van der Waals surface area contributed by atoms with Crippen molar-refractivity contribution in [1.82, 2.24) is 25.6 Å². The summed E-state index contributed by atoms with van der Waals surface area (Å²) in [5.74, 6) is 0.981. The number of methoxy groups -OCH3 is 1. The van der Waals surface area contributed by atoms with Crippen LogP contribution >= 0.6 is 0 Å². The zero-order valence-corrected chi connectivity index (χ0v) is 9.47. The highest BCUT2D eigenvalue weighted by atomic mass is 16.5. The zero-order valence-electron chi connectivity index (χ0n) is 9.47. The fraction of sp³-hybridized carbons (Fsp3) is 0.0909. The predicted molar refractivity (Wildman–Crippen MR) is 64.3 cm³/mol. The highest BCUT2D eigenvalue weighted by Gasteiger charge is 2.09. The molecule has 0 radical (unpaired) electrons. The predicted octanol–water partition coefficient (Wildman–Crippen LogP) is 0.717. The van der Waals surface area contributed by atoms with E-state index in [2.05, 4.69) is 25.6 Å². The van der Waals surface area contributed by atoms with Crippen molar-refractivity contribution in [3.63, 3.8) is 0 Å². The summed E-state index contributed by atoms with van der Waals surface area (Å²) >= 11 is 0. The fourth-order valence-electron chi connectivity index (χ4n) is 1.75. The molecule has 2 aromatic heterocycles. The summed E-state index contributed by atoms with van der Waals surface area (Å²) in [6.07, 6.45) is 0. The van der Waals surface area contributed by atoms with Gasteiger partial charge in [-0.05, 0) is 29.5 Å². The van der Waals surface area contributed by atoms with Crippen molar-refractivity contribution in [2.75, 3.05) is 7.11 Å². The number of pyridine rings is 1. The van der Waals surface area contributed by atoms with E-state index in [0.29, 0.717) is 11.3 Å². The van der Waals surface area contributed by atoms with Crippen LogP contribution in [0.15, 0.2) is 29.1 Å². The number of aromatic amines is 2. The number of hydrogen-bond acceptors (Lipinski definition) is 5. The number of hydrogen-bond donors (Lipinski definition) is 2. The highest BCUT2D eigenvalue weighted by Crippen LogP contribution is 2.20. The molecular weight excluding hydrogens is 234 g/mol. The number of benzene rings is 1. The maximum absolute atomic E-state index is 11.9. The Bertz CT molecular complexity index is 748. The van der Waals surface area contributed by atoms with Gasteiger partial charge in [0.05, 0.1) is 12.7 Å². The van der Waals surface area contributed by atoms with Crippen LogP contribution in [0.5, 0.6) is 5.75 Å². The zero-order chi connectivity index (χ0) is 12.5. The molecular formula is C11H9N5O2. The Labute approximate surface area is 101 Å². The van der Waals surface area contributed by atoms with Gasteiger partial charge in [-0.2, -0.15) is 5.21 Å². The molecule has 0 bridgehead atoms. The molecule has 0 fully saturated rings. The lowest BCUT2D eigenvalue weighted by Crippen LogP contribution is -2.09. The van der Waals surface area contributed by atoms with E-state index in [-0.39, 0.29) is 11.4 Å². The topological polar surface area (TPSA) is 96.5 Å². The third-order valence-corrected chi connectivity index (χ3v) is 2.64. The second-order valence-electron chi connectivity index (χ2n) is 3.70. The van der Waals surface area contributed by atoms with Gasteiger partial charge in [0.1, 0.15) is 5.75 Å². The molecule has 0 aliphatic carbocycles. The van der Waals surface area contributed by atoms with Crippen LogP contribution in [0.1, 0.15) is 0 Å². The standard InChI is InChI=1S/C11H9N5O2/c1-18-7-2-3-9-6(4-7)5-8(11(17)12-9)10-13-15-16-14-10/h2-5H,1H3,(H,12,17)(H,13,14,15,16). The first-order chi connectivity index (χ1) is 8.78. The smallest absolute Gasteiger partial charge is 0.259 e. The van der Waals surface area contributed by atoms with Gasteiger partial charge in [-0.1, -0.05) is 0 Å². The molecule has 7 nitrogen and oxygen atoms in total. The van der Waals surface area contributed by atoms with E-state index in [4.69, 9.17) is 4.74 Å². The van der Waals surface area contributed by atoms with E-state index >= 15 is 0 Å². The molecule has 7 heteroatoms. The fourth-order valence-corrected chi connectivity index (χ4v) is 1.75. The first kappa shape index (κ1) is 10.5. The lowest BCUT2D eigenvalue weighted by atomic mass is 10.1. The molecule has 0 atom stereocenters. The lowest BCUT2D eigenvalue weighted by Gasteiger charge is -2.03. The average Bonchev–Trinajstić information content (AvgIpc) is 2.91. The Morgan fingerprint density at radius 1 is 1.28 bits per heavy atom. The van der Waals surface area contributed by atoms with Gasteiger partial charge < -0.3 is 9.72 Å². The van der Waals surface area contributed by atoms with Crippen molar-refractivity contribution in [2.24, 2.45) is 0 Å². The van der Waals surface area contributed by atoms with Gasteiger partial charge in [0.15, 0.2) is 0 Å². The van der Waals surface area contributed by atoms with E-state index in [1.165, 1.54) is 0 Å². The Morgan fingerprint density at radius 3 is 2.89 bits per heavy atom. The molecule has 0 unspecified atom stereocenters. The van der Waals surface area contributed by atoms with Crippen LogP contribution in [0.2, 0.25) is 0 Å². The maximum Gasteiger partial charge on any atom is 0.259 e. The Hall–Kier alpha value is -2.70. The molecule has 0 aliphatic rings. The second kappa shape index (κ2) is 3.95. The van der Waals surface area contributed by atoms with Crippen LogP contribution in [0.4, 0.5) is 0 Å². The summed E-state index contributed by atoms with van der Waals surface area (Å²) in [5.41, 5.74) is 0.839. The largest absolute Gasteiger partial charge is 0.497 e. The normalized spacial score (nSPS) is 10.7. The van der Waals surface area contributed by atoms with E-state index in [1.807, 2.05) is 6.07 Å². The molecule has 3 aromatic rings. The van der Waals surface area contributed by atoms with Gasteiger partial charge >= 0.3 is 0 Å². The van der Waals surface area contributed by atoms with Gasteiger partial charge in [-0.15, -0.1) is 10.2 Å². The number of tetrazole rings is 1. The molecule has 0 aliphatic heterocycles. The highest BCUT2D eigenvalue weighted by molar-refractivity contribution is 5.83. The van der Waals surface area contributed by atoms with Crippen LogP contribution in [-0.2, 0) is 0 Å². The Balaban J connectivity index is 2.28. The Kier molecular flexibility index (Phi) is 2.30. The van der Waals surface area contributed by atoms with E-state index < -0.39 is 0 Å². The van der Waals surface area contributed by atoms with Crippen LogP contribution in [-0.4, -0.2) is 32.7 Å². The molecule has 0 spiro atoms. The number of nitrogens with zero attached hydrogens (tertiary/aromatic N) is 3. The third kappa shape index (κ3) is 1.61. The molecule has 1 aromatic carbocycles. The van der Waals surface area contributed by atoms with Crippen LogP contribution in [0.25, 0.3) is 22.3 Å². The van der Waals surface area contributed by atoms with Gasteiger partial charge in [0.25, 0.3) is 5.56 Å². The monoisotopic (exact) mass is 243 g/mol. The minimum absolute atomic E-state index is 0.255. The molecule has 0 saturated heterocycles. The van der Waals surface area contributed by atoms with Crippen molar-refractivity contribution >= 4 is 10.9 Å². The summed E-state index contributed by atoms with van der Waals surface area (Å²) in [4.78, 5) is 14.6. The summed E-state index contributed by atoms with van der Waals surface area (Å²) in [5, 5.41) is 14.2. The molecule has 0 amide bonds. The van der Waals surface area contributed by atoms with Crippen molar-refractivity contribution in [1.29, 1.82) is 0 Å². The number of fused-ring (bicyclic) bond motifs is 1. The molecule has 90 valence electrons. The molecule has 2 heterocycles. The number of ether oxygens (including phenoxy) is 1. The SMILES string of the molecule is COc1ccc2[nH]c(=O)c(-c3nn[nH]n3)cc2c1. The van der Waals surface area contributed by atoms with E-state index in [9.17, 15) is 4.79 Å². The maximum atomic E-state index is 11.9. The van der Waals surface area contributed by atoms with Crippen molar-refractivity contribution in [2.45, 2.75) is 0 Å². The van der Waals surface area contributed by atoms with Crippen molar-refractivity contribution in [3.8, 4) is 17.1 Å². The molecule has 3 rings (SSSR count). The molecule has 18 heavy (non-hydrogen) atoms. The van der Waals surface area contributed by atoms with E-state index in [1.54, 1.807) is 25.3 Å². The summed E-state index contributed by atoms with van der Waals surface area (Å²) in [7, 11) is 1.59. The van der Waals surface area contributed by atoms with Crippen molar-refractivity contribution < 1.29 is 4.74 Å². The third-order valence-electron chi connectivity index (χ3n) is 2.64. The van der Waals surface area contributed by atoms with Gasteiger partial charge in [-0.25, -0.2) is 0 Å². The first-order valence-electron chi connectivity index (χ1n) is 5.23. The molecule has 2 N–H and O–H groups in total. The number of nitrogens with one attached hydrogen (secondary N) is 2. The van der Waals surface area contributed by atoms with Crippen molar-refractivity contribution in [3.05, 3.63) is 34.6 Å². The number of rotatable bonds is 2. The molecule has 0 saturated carbocycles. The quantitative estimate of drug-likeness (QED) is 0.691. The number of aromatic nitrogens is 5. The first-order valence-corrected chi connectivity index (χ1v) is 5.23. The van der Waals surface area contributed by atoms with E-state index in [0.717, 1.165) is 10.9 Å². The van der Waals surface area contributed by atoms with Crippen LogP contribution in [0, 0.1) is 0 Å². The average molecular weight is 243 g/mol. The van der Waals surface area contributed by atoms with Gasteiger partial charge in [0.2, 0.25) is 5.82 Å². The summed E-state index contributed by atoms with van der Waals surface area (Å²) in [6.45, 7) is 0. The Morgan fingerprint density at radius 2 is 2.17 bits per heavy atom.